The Morgan fingerprint density at radius 2 is 2.46 bits per heavy atom. The van der Waals surface area contributed by atoms with E-state index in [-0.39, 0.29) is 0 Å². The first-order chi connectivity index (χ1) is 6.33. The van der Waals surface area contributed by atoms with Gasteiger partial charge in [0.15, 0.2) is 0 Å². The Hall–Kier alpha value is 1.40. The molecule has 0 bridgehead atoms. The number of thioether (sulfide) groups is 3. The predicted molar refractivity (Wildman–Crippen MR) is 73.7 cm³/mol. The molecular weight excluding hydrogens is 236 g/mol. The third-order valence-corrected chi connectivity index (χ3v) is 6.48. The van der Waals surface area contributed by atoms with E-state index in [1.807, 2.05) is 0 Å². The molecule has 1 aliphatic rings. The van der Waals surface area contributed by atoms with Crippen LogP contribution < -0.4 is 0 Å². The molecule has 4 heteroatoms. The largest absolute Gasteiger partial charge is 0.179 e. The van der Waals surface area contributed by atoms with E-state index in [0.29, 0.717) is 0 Å². The van der Waals surface area contributed by atoms with Gasteiger partial charge in [0, 0.05) is 21.3 Å². The molecule has 0 N–H and O–H groups in total. The summed E-state index contributed by atoms with van der Waals surface area (Å²) in [6.45, 7) is 2.37. The van der Waals surface area contributed by atoms with E-state index in [9.17, 15) is 0 Å². The molecule has 0 nitrogen and oxygen atoms in total. The van der Waals surface area contributed by atoms with Crippen molar-refractivity contribution in [2.45, 2.75) is 30.3 Å². The summed E-state index contributed by atoms with van der Waals surface area (Å²) in [7, 11) is 0. The second-order valence-electron chi connectivity index (χ2n) is 3.27. The van der Waals surface area contributed by atoms with Crippen LogP contribution in [0.3, 0.4) is 0 Å². The van der Waals surface area contributed by atoms with Crippen molar-refractivity contribution in [2.75, 3.05) is 22.3 Å². The van der Waals surface area contributed by atoms with Crippen LogP contribution in [-0.4, -0.2) is 32.8 Å². The molecule has 1 saturated heterocycles. The van der Waals surface area contributed by atoms with E-state index < -0.39 is 0 Å². The minimum Gasteiger partial charge on any atom is -0.179 e. The molecule has 1 rings (SSSR count). The molecule has 0 aliphatic carbocycles. The van der Waals surface area contributed by atoms with Gasteiger partial charge in [-0.05, 0) is 24.3 Å². The zero-order valence-electron chi connectivity index (χ0n) is 8.07. The van der Waals surface area contributed by atoms with Crippen molar-refractivity contribution in [3.8, 4) is 0 Å². The summed E-state index contributed by atoms with van der Waals surface area (Å²) in [5.41, 5.74) is 0. The average molecular weight is 255 g/mol. The maximum absolute atomic E-state index is 4.22. The van der Waals surface area contributed by atoms with E-state index >= 15 is 0 Å². The van der Waals surface area contributed by atoms with Gasteiger partial charge in [-0.2, -0.15) is 24.4 Å². The predicted octanol–water partition coefficient (Wildman–Crippen LogP) is 3.62. The number of hydrogen-bond donors (Lipinski definition) is 1. The van der Waals surface area contributed by atoms with Gasteiger partial charge in [-0.15, -0.1) is 23.5 Å². The highest BCUT2D eigenvalue weighted by atomic mass is 32.2. The Bertz CT molecular complexity index is 123. The van der Waals surface area contributed by atoms with Crippen LogP contribution in [0.4, 0.5) is 0 Å². The van der Waals surface area contributed by atoms with Crippen molar-refractivity contribution >= 4 is 47.9 Å². The quantitative estimate of drug-likeness (QED) is 0.568. The first-order valence-electron chi connectivity index (χ1n) is 4.74. The van der Waals surface area contributed by atoms with E-state index in [0.717, 1.165) is 16.3 Å². The Morgan fingerprint density at radius 1 is 1.62 bits per heavy atom. The first kappa shape index (κ1) is 12.5. The molecule has 1 heterocycles. The first-order valence-corrected chi connectivity index (χ1v) is 8.63. The molecule has 1 aliphatic heterocycles. The smallest absolute Gasteiger partial charge is 0.0395 e. The molecule has 0 saturated carbocycles. The fourth-order valence-electron chi connectivity index (χ4n) is 1.30. The van der Waals surface area contributed by atoms with Crippen molar-refractivity contribution in [1.82, 2.24) is 0 Å². The number of rotatable bonds is 6. The van der Waals surface area contributed by atoms with E-state index in [2.05, 4.69) is 54.8 Å². The summed E-state index contributed by atoms with van der Waals surface area (Å²) >= 11 is 10.6. The molecule has 0 aromatic carbocycles. The average Bonchev–Trinajstić information content (AvgIpc) is 2.57. The van der Waals surface area contributed by atoms with Gasteiger partial charge in [-0.3, -0.25) is 0 Å². The van der Waals surface area contributed by atoms with Crippen LogP contribution in [-0.2, 0) is 0 Å². The van der Waals surface area contributed by atoms with Crippen LogP contribution in [0.5, 0.6) is 0 Å². The fourth-order valence-corrected chi connectivity index (χ4v) is 5.91. The number of thiol groups is 1. The zero-order chi connectivity index (χ0) is 9.52. The lowest BCUT2D eigenvalue weighted by Crippen LogP contribution is -2.09. The molecular formula is C9H18S4. The highest BCUT2D eigenvalue weighted by Gasteiger charge is 2.18. The lowest BCUT2D eigenvalue weighted by atomic mass is 10.3. The topological polar surface area (TPSA) is 0 Å². The minimum absolute atomic E-state index is 0.844. The second kappa shape index (κ2) is 7.66. The van der Waals surface area contributed by atoms with Crippen molar-refractivity contribution in [3.05, 3.63) is 0 Å². The summed E-state index contributed by atoms with van der Waals surface area (Å²) in [5, 5.41) is 3.10. The monoisotopic (exact) mass is 254 g/mol. The van der Waals surface area contributed by atoms with Crippen LogP contribution in [0.2, 0.25) is 0 Å². The van der Waals surface area contributed by atoms with Crippen LogP contribution in [0.1, 0.15) is 19.8 Å². The highest BCUT2D eigenvalue weighted by Crippen LogP contribution is 2.34. The maximum Gasteiger partial charge on any atom is 0.0395 e. The van der Waals surface area contributed by atoms with Gasteiger partial charge in [-0.25, -0.2) is 0 Å². The summed E-state index contributed by atoms with van der Waals surface area (Å²) in [5.74, 6) is 3.70. The highest BCUT2D eigenvalue weighted by molar-refractivity contribution is 8.19. The van der Waals surface area contributed by atoms with E-state index in [1.165, 1.54) is 29.4 Å². The summed E-state index contributed by atoms with van der Waals surface area (Å²) in [6, 6.07) is 0. The molecule has 13 heavy (non-hydrogen) atoms. The van der Waals surface area contributed by atoms with Gasteiger partial charge in [-0.1, -0.05) is 6.92 Å². The van der Waals surface area contributed by atoms with Crippen LogP contribution in [0, 0.1) is 0 Å². The second-order valence-corrected chi connectivity index (χ2v) is 7.95. The summed E-state index contributed by atoms with van der Waals surface area (Å²) < 4.78 is 0. The SMILES string of the molecule is CC(CC1CSCS1)SCCCS. The Labute approximate surface area is 100 Å². The van der Waals surface area contributed by atoms with Crippen LogP contribution >= 0.6 is 47.9 Å². The third-order valence-electron chi connectivity index (χ3n) is 1.99. The van der Waals surface area contributed by atoms with Crippen molar-refractivity contribution in [1.29, 1.82) is 0 Å². The van der Waals surface area contributed by atoms with Gasteiger partial charge in [0.25, 0.3) is 0 Å². The van der Waals surface area contributed by atoms with Gasteiger partial charge in [0.2, 0.25) is 0 Å². The van der Waals surface area contributed by atoms with E-state index in [1.54, 1.807) is 0 Å². The Kier molecular flexibility index (Phi) is 7.35. The summed E-state index contributed by atoms with van der Waals surface area (Å²) in [6.07, 6.45) is 2.65. The normalized spacial score (nSPS) is 24.9. The van der Waals surface area contributed by atoms with Gasteiger partial charge in [0.1, 0.15) is 0 Å². The molecule has 2 unspecified atom stereocenters. The maximum atomic E-state index is 4.22. The minimum atomic E-state index is 0.844. The summed E-state index contributed by atoms with van der Waals surface area (Å²) in [4.78, 5) is 0. The van der Waals surface area contributed by atoms with Crippen LogP contribution in [0.25, 0.3) is 0 Å². The molecule has 0 radical (unpaired) electrons. The van der Waals surface area contributed by atoms with Gasteiger partial charge >= 0.3 is 0 Å². The lowest BCUT2D eigenvalue weighted by Gasteiger charge is -2.14. The Balaban J connectivity index is 1.99. The van der Waals surface area contributed by atoms with Gasteiger partial charge < -0.3 is 0 Å². The Morgan fingerprint density at radius 3 is 3.08 bits per heavy atom. The molecule has 2 atom stereocenters. The molecule has 0 aromatic heterocycles. The molecule has 0 amide bonds. The fraction of sp³-hybridized carbons (Fsp3) is 1.00. The number of hydrogen-bond acceptors (Lipinski definition) is 4. The lowest BCUT2D eigenvalue weighted by molar-refractivity contribution is 0.813. The zero-order valence-corrected chi connectivity index (χ0v) is 11.4. The van der Waals surface area contributed by atoms with Crippen molar-refractivity contribution in [2.24, 2.45) is 0 Å². The standard InChI is InChI=1S/C9H18S4/c1-8(12-4-2-3-10)5-9-6-11-7-13-9/h8-10H,2-7H2,1H3. The van der Waals surface area contributed by atoms with Crippen molar-refractivity contribution in [3.63, 3.8) is 0 Å². The molecule has 78 valence electrons. The van der Waals surface area contributed by atoms with E-state index in [4.69, 9.17) is 0 Å². The van der Waals surface area contributed by atoms with Gasteiger partial charge in [0.05, 0.1) is 0 Å². The van der Waals surface area contributed by atoms with Crippen LogP contribution in [0.15, 0.2) is 0 Å². The molecule has 0 spiro atoms. The third kappa shape index (κ3) is 5.75. The van der Waals surface area contributed by atoms with Crippen molar-refractivity contribution < 1.29 is 0 Å². The molecule has 0 aromatic rings. The molecule has 1 fully saturated rings.